The van der Waals surface area contributed by atoms with Crippen molar-refractivity contribution in [3.05, 3.63) is 18.7 Å². The van der Waals surface area contributed by atoms with Crippen LogP contribution in [0, 0.1) is 5.92 Å². The van der Waals surface area contributed by atoms with Gasteiger partial charge in [-0.3, -0.25) is 4.79 Å². The highest BCUT2D eigenvalue weighted by atomic mass is 16.1. The van der Waals surface area contributed by atoms with Gasteiger partial charge >= 0.3 is 0 Å². The van der Waals surface area contributed by atoms with Gasteiger partial charge in [-0.15, -0.1) is 0 Å². The second-order valence-corrected chi connectivity index (χ2v) is 4.78. The maximum absolute atomic E-state index is 11.8. The van der Waals surface area contributed by atoms with Crippen molar-refractivity contribution in [2.45, 2.75) is 45.1 Å². The number of carbonyl (C=O) groups excluding carboxylic acids is 1. The Kier molecular flexibility index (Phi) is 4.59. The molecule has 0 atom stereocenters. The summed E-state index contributed by atoms with van der Waals surface area (Å²) in [6, 6.07) is 0. The van der Waals surface area contributed by atoms with Crippen LogP contribution < -0.4 is 5.32 Å². The number of nitrogens with zero attached hydrogens (tertiary/aromatic N) is 2. The van der Waals surface area contributed by atoms with Crippen molar-refractivity contribution in [2.24, 2.45) is 5.92 Å². The fourth-order valence-electron chi connectivity index (χ4n) is 2.40. The van der Waals surface area contributed by atoms with E-state index in [1.807, 2.05) is 17.1 Å². The summed E-state index contributed by atoms with van der Waals surface area (Å²) in [5, 5.41) is 3.04. The topological polar surface area (TPSA) is 46.9 Å². The van der Waals surface area contributed by atoms with Gasteiger partial charge in [0.2, 0.25) is 5.91 Å². The molecule has 0 spiro atoms. The summed E-state index contributed by atoms with van der Waals surface area (Å²) >= 11 is 0. The molecule has 0 aliphatic heterocycles. The zero-order valence-corrected chi connectivity index (χ0v) is 10.3. The van der Waals surface area contributed by atoms with Crippen LogP contribution in [0.1, 0.15) is 38.5 Å². The minimum Gasteiger partial charge on any atom is -0.356 e. The second kappa shape index (κ2) is 6.42. The monoisotopic (exact) mass is 235 g/mol. The number of aryl methyl sites for hydroxylation is 1. The first kappa shape index (κ1) is 12.1. The van der Waals surface area contributed by atoms with Gasteiger partial charge in [0.15, 0.2) is 0 Å². The van der Waals surface area contributed by atoms with Gasteiger partial charge in [-0.05, 0) is 19.3 Å². The number of nitrogens with one attached hydrogen (secondary N) is 1. The van der Waals surface area contributed by atoms with E-state index in [-0.39, 0.29) is 11.8 Å². The zero-order valence-electron chi connectivity index (χ0n) is 10.3. The fraction of sp³-hybridized carbons (Fsp3) is 0.692. The Balaban J connectivity index is 1.59. The van der Waals surface area contributed by atoms with Crippen molar-refractivity contribution in [1.29, 1.82) is 0 Å². The molecule has 2 rings (SSSR count). The van der Waals surface area contributed by atoms with Crippen LogP contribution in [0.5, 0.6) is 0 Å². The molecular weight excluding hydrogens is 214 g/mol. The standard InChI is InChI=1S/C13H21N3O/c17-13(12-5-2-1-3-6-12)15-7-4-9-16-10-8-14-11-16/h8,10-12H,1-7,9H2,(H,15,17). The molecule has 1 heterocycles. The van der Waals surface area contributed by atoms with E-state index < -0.39 is 0 Å². The molecule has 0 bridgehead atoms. The van der Waals surface area contributed by atoms with E-state index in [1.165, 1.54) is 19.3 Å². The Morgan fingerprint density at radius 2 is 2.18 bits per heavy atom. The van der Waals surface area contributed by atoms with Crippen LogP contribution in [0.2, 0.25) is 0 Å². The smallest absolute Gasteiger partial charge is 0.223 e. The summed E-state index contributed by atoms with van der Waals surface area (Å²) in [5.74, 6) is 0.535. The fourth-order valence-corrected chi connectivity index (χ4v) is 2.40. The molecule has 17 heavy (non-hydrogen) atoms. The summed E-state index contributed by atoms with van der Waals surface area (Å²) < 4.78 is 2.03. The number of hydrogen-bond acceptors (Lipinski definition) is 2. The van der Waals surface area contributed by atoms with Gasteiger partial charge < -0.3 is 9.88 Å². The minimum absolute atomic E-state index is 0.260. The first-order valence-corrected chi connectivity index (χ1v) is 6.60. The van der Waals surface area contributed by atoms with Gasteiger partial charge in [0.05, 0.1) is 6.33 Å². The van der Waals surface area contributed by atoms with Gasteiger partial charge in [-0.25, -0.2) is 4.98 Å². The minimum atomic E-state index is 0.260. The zero-order chi connectivity index (χ0) is 11.9. The first-order chi connectivity index (χ1) is 8.36. The molecular formula is C13H21N3O. The van der Waals surface area contributed by atoms with Crippen LogP contribution in [-0.4, -0.2) is 22.0 Å². The largest absolute Gasteiger partial charge is 0.356 e. The van der Waals surface area contributed by atoms with Crippen molar-refractivity contribution >= 4 is 5.91 Å². The summed E-state index contributed by atoms with van der Waals surface area (Å²) in [6.07, 6.45) is 12.4. The average molecular weight is 235 g/mol. The lowest BCUT2D eigenvalue weighted by Crippen LogP contribution is -2.32. The number of rotatable bonds is 5. The second-order valence-electron chi connectivity index (χ2n) is 4.78. The maximum Gasteiger partial charge on any atom is 0.223 e. The number of amides is 1. The first-order valence-electron chi connectivity index (χ1n) is 6.60. The van der Waals surface area contributed by atoms with E-state index in [9.17, 15) is 4.79 Å². The van der Waals surface area contributed by atoms with Gasteiger partial charge in [-0.1, -0.05) is 19.3 Å². The molecule has 1 saturated carbocycles. The number of aromatic nitrogens is 2. The summed E-state index contributed by atoms with van der Waals surface area (Å²) in [6.45, 7) is 1.69. The molecule has 1 amide bonds. The molecule has 0 aromatic carbocycles. The van der Waals surface area contributed by atoms with Crippen molar-refractivity contribution in [1.82, 2.24) is 14.9 Å². The Labute approximate surface area is 102 Å². The lowest BCUT2D eigenvalue weighted by atomic mass is 9.89. The van der Waals surface area contributed by atoms with E-state index in [4.69, 9.17) is 0 Å². The van der Waals surface area contributed by atoms with Crippen LogP contribution in [-0.2, 0) is 11.3 Å². The summed E-state index contributed by atoms with van der Waals surface area (Å²) in [7, 11) is 0. The lowest BCUT2D eigenvalue weighted by Gasteiger charge is -2.20. The molecule has 1 N–H and O–H groups in total. The molecule has 94 valence electrons. The highest BCUT2D eigenvalue weighted by Gasteiger charge is 2.20. The van der Waals surface area contributed by atoms with Crippen LogP contribution in [0.4, 0.5) is 0 Å². The highest BCUT2D eigenvalue weighted by Crippen LogP contribution is 2.23. The maximum atomic E-state index is 11.8. The summed E-state index contributed by atoms with van der Waals surface area (Å²) in [5.41, 5.74) is 0. The molecule has 1 fully saturated rings. The third kappa shape index (κ3) is 3.88. The van der Waals surface area contributed by atoms with Gasteiger partial charge in [0, 0.05) is 31.4 Å². The predicted molar refractivity (Wildman–Crippen MR) is 66.4 cm³/mol. The van der Waals surface area contributed by atoms with Crippen LogP contribution in [0.25, 0.3) is 0 Å². The van der Waals surface area contributed by atoms with Gasteiger partial charge in [-0.2, -0.15) is 0 Å². The van der Waals surface area contributed by atoms with Crippen molar-refractivity contribution in [3.8, 4) is 0 Å². The molecule has 1 aromatic heterocycles. The molecule has 4 nitrogen and oxygen atoms in total. The third-order valence-corrected chi connectivity index (χ3v) is 3.43. The van der Waals surface area contributed by atoms with Gasteiger partial charge in [0.25, 0.3) is 0 Å². The molecule has 4 heteroatoms. The molecule has 0 unspecified atom stereocenters. The van der Waals surface area contributed by atoms with Crippen LogP contribution >= 0.6 is 0 Å². The lowest BCUT2D eigenvalue weighted by molar-refractivity contribution is -0.125. The van der Waals surface area contributed by atoms with E-state index >= 15 is 0 Å². The quantitative estimate of drug-likeness (QED) is 0.793. The Bertz CT molecular complexity index is 328. The molecule has 1 aliphatic carbocycles. The molecule has 0 radical (unpaired) electrons. The molecule has 1 aromatic rings. The Morgan fingerprint density at radius 1 is 1.35 bits per heavy atom. The van der Waals surface area contributed by atoms with Crippen LogP contribution in [0.3, 0.4) is 0 Å². The van der Waals surface area contributed by atoms with E-state index in [1.54, 1.807) is 6.20 Å². The number of hydrogen-bond donors (Lipinski definition) is 1. The van der Waals surface area contributed by atoms with E-state index in [0.717, 1.165) is 32.4 Å². The van der Waals surface area contributed by atoms with Gasteiger partial charge in [0.1, 0.15) is 0 Å². The van der Waals surface area contributed by atoms with Crippen LogP contribution in [0.15, 0.2) is 18.7 Å². The van der Waals surface area contributed by atoms with Crippen molar-refractivity contribution < 1.29 is 4.79 Å². The number of carbonyl (C=O) groups is 1. The van der Waals surface area contributed by atoms with E-state index in [2.05, 4.69) is 10.3 Å². The van der Waals surface area contributed by atoms with E-state index in [0.29, 0.717) is 0 Å². The third-order valence-electron chi connectivity index (χ3n) is 3.43. The summed E-state index contributed by atoms with van der Waals surface area (Å²) in [4.78, 5) is 15.8. The predicted octanol–water partition coefficient (Wildman–Crippen LogP) is 1.97. The highest BCUT2D eigenvalue weighted by molar-refractivity contribution is 5.78. The molecule has 1 aliphatic rings. The number of imidazole rings is 1. The Hall–Kier alpha value is -1.32. The molecule has 0 saturated heterocycles. The van der Waals surface area contributed by atoms with Crippen molar-refractivity contribution in [3.63, 3.8) is 0 Å². The average Bonchev–Trinajstić information content (AvgIpc) is 2.88. The Morgan fingerprint density at radius 3 is 2.88 bits per heavy atom. The van der Waals surface area contributed by atoms with Crippen molar-refractivity contribution in [2.75, 3.05) is 6.54 Å². The SMILES string of the molecule is O=C(NCCCn1ccnc1)C1CCCCC1. The normalized spacial score (nSPS) is 16.9.